The molecule has 1 aromatic rings. The van der Waals surface area contributed by atoms with E-state index in [0.29, 0.717) is 11.1 Å². The zero-order valence-electron chi connectivity index (χ0n) is 16.6. The van der Waals surface area contributed by atoms with E-state index in [9.17, 15) is 19.2 Å². The molecule has 2 atom stereocenters. The molecule has 1 N–H and O–H groups in total. The van der Waals surface area contributed by atoms with Crippen LogP contribution in [0.2, 0.25) is 0 Å². The van der Waals surface area contributed by atoms with E-state index in [1.54, 1.807) is 6.07 Å². The molecular formula is C24H25NO4. The van der Waals surface area contributed by atoms with Crippen LogP contribution in [0.1, 0.15) is 71.7 Å². The fourth-order valence-electron chi connectivity index (χ4n) is 4.47. The van der Waals surface area contributed by atoms with Crippen LogP contribution in [-0.4, -0.2) is 23.4 Å². The van der Waals surface area contributed by atoms with E-state index in [2.05, 4.69) is 18.3 Å². The van der Waals surface area contributed by atoms with Gasteiger partial charge in [-0.05, 0) is 62.1 Å². The van der Waals surface area contributed by atoms with Gasteiger partial charge in [-0.15, -0.1) is 0 Å². The maximum atomic E-state index is 13.0. The number of Topliss-reactive ketones (excluding diaryl/α,β-unsaturated/α-hetero) is 1. The quantitative estimate of drug-likeness (QED) is 0.629. The van der Waals surface area contributed by atoms with E-state index in [4.69, 9.17) is 0 Å². The molecule has 1 aromatic carbocycles. The molecule has 1 aliphatic heterocycles. The number of imide groups is 1. The topological polar surface area (TPSA) is 80.3 Å². The predicted molar refractivity (Wildman–Crippen MR) is 108 cm³/mol. The minimum atomic E-state index is -0.741. The van der Waals surface area contributed by atoms with Gasteiger partial charge < -0.3 is 0 Å². The van der Waals surface area contributed by atoms with Gasteiger partial charge in [0.05, 0.1) is 5.92 Å². The number of rotatable bonds is 3. The standard InChI is InChI=1S/C24H25NO4/c1-14-3-2-4-15(6-5-14)11-16-7-8-17-19(12-16)21(26)13-20(23(17)28)18-9-10-22(27)25-24(18)29/h4,7-8,12-14,18H,2-3,5-6,9-11H2,1H3,(H,25,27,29). The fourth-order valence-corrected chi connectivity index (χ4v) is 4.47. The Bertz CT molecular complexity index is 969. The molecule has 0 saturated carbocycles. The van der Waals surface area contributed by atoms with Crippen molar-refractivity contribution in [1.82, 2.24) is 5.32 Å². The second kappa shape index (κ2) is 7.90. The average Bonchev–Trinajstić information content (AvgIpc) is 2.89. The normalized spacial score (nSPS) is 25.0. The van der Waals surface area contributed by atoms with Crippen LogP contribution in [-0.2, 0) is 16.0 Å². The Morgan fingerprint density at radius 3 is 2.62 bits per heavy atom. The number of amides is 2. The van der Waals surface area contributed by atoms with E-state index in [1.165, 1.54) is 24.5 Å². The van der Waals surface area contributed by atoms with Crippen molar-refractivity contribution in [2.24, 2.45) is 11.8 Å². The molecule has 1 heterocycles. The number of fused-ring (bicyclic) bond motifs is 1. The van der Waals surface area contributed by atoms with Gasteiger partial charge in [0.2, 0.25) is 11.8 Å². The fraction of sp³-hybridized carbons (Fsp3) is 0.417. The summed E-state index contributed by atoms with van der Waals surface area (Å²) in [6.07, 6.45) is 9.41. The van der Waals surface area contributed by atoms with Gasteiger partial charge >= 0.3 is 0 Å². The lowest BCUT2D eigenvalue weighted by molar-refractivity contribution is -0.135. The van der Waals surface area contributed by atoms with Crippen molar-refractivity contribution in [3.63, 3.8) is 0 Å². The summed E-state index contributed by atoms with van der Waals surface area (Å²) in [7, 11) is 0. The van der Waals surface area contributed by atoms with E-state index in [1.807, 2.05) is 12.1 Å². The lowest BCUT2D eigenvalue weighted by atomic mass is 9.79. The number of benzene rings is 1. The minimum Gasteiger partial charge on any atom is -0.296 e. The molecule has 1 fully saturated rings. The van der Waals surface area contributed by atoms with Crippen molar-refractivity contribution < 1.29 is 19.2 Å². The lowest BCUT2D eigenvalue weighted by Gasteiger charge is -2.25. The molecule has 1 saturated heterocycles. The summed E-state index contributed by atoms with van der Waals surface area (Å²) in [6.45, 7) is 2.28. The molecule has 0 spiro atoms. The molecule has 29 heavy (non-hydrogen) atoms. The van der Waals surface area contributed by atoms with Gasteiger partial charge in [-0.3, -0.25) is 24.5 Å². The molecule has 2 unspecified atom stereocenters. The van der Waals surface area contributed by atoms with Crippen molar-refractivity contribution in [2.45, 2.75) is 51.9 Å². The molecule has 150 valence electrons. The molecule has 2 amide bonds. The van der Waals surface area contributed by atoms with E-state index >= 15 is 0 Å². The smallest absolute Gasteiger partial charge is 0.234 e. The third-order valence-corrected chi connectivity index (χ3v) is 6.24. The molecule has 5 heteroatoms. The number of nitrogens with one attached hydrogen (secondary N) is 1. The molecule has 0 aromatic heterocycles. The van der Waals surface area contributed by atoms with Crippen molar-refractivity contribution in [1.29, 1.82) is 0 Å². The van der Waals surface area contributed by atoms with Crippen molar-refractivity contribution >= 4 is 23.4 Å². The first kappa shape index (κ1) is 19.5. The number of hydrogen-bond acceptors (Lipinski definition) is 4. The van der Waals surface area contributed by atoms with Crippen LogP contribution in [0.4, 0.5) is 0 Å². The summed E-state index contributed by atoms with van der Waals surface area (Å²) >= 11 is 0. The average molecular weight is 391 g/mol. The number of hydrogen-bond donors (Lipinski definition) is 1. The Hall–Kier alpha value is -2.82. The molecule has 3 aliphatic rings. The van der Waals surface area contributed by atoms with Gasteiger partial charge in [0.15, 0.2) is 11.6 Å². The van der Waals surface area contributed by atoms with Crippen LogP contribution in [0.5, 0.6) is 0 Å². The van der Waals surface area contributed by atoms with Crippen molar-refractivity contribution in [3.05, 3.63) is 58.2 Å². The highest BCUT2D eigenvalue weighted by Gasteiger charge is 2.36. The minimum absolute atomic E-state index is 0.175. The second-order valence-electron chi connectivity index (χ2n) is 8.44. The number of ketones is 2. The number of allylic oxidation sites excluding steroid dienone is 3. The SMILES string of the molecule is CC1CCC=C(Cc2ccc3c(c2)C(=O)C=C(C2CCC(=O)NC2=O)C3=O)CC1. The molecular weight excluding hydrogens is 366 g/mol. The number of carbonyl (C=O) groups excluding carboxylic acids is 4. The van der Waals surface area contributed by atoms with Crippen LogP contribution < -0.4 is 5.32 Å². The van der Waals surface area contributed by atoms with E-state index in [-0.39, 0.29) is 35.9 Å². The molecule has 2 aliphatic carbocycles. The van der Waals surface area contributed by atoms with E-state index in [0.717, 1.165) is 30.7 Å². The summed E-state index contributed by atoms with van der Waals surface area (Å²) < 4.78 is 0. The van der Waals surface area contributed by atoms with Gasteiger partial charge in [0.25, 0.3) is 0 Å². The highest BCUT2D eigenvalue weighted by molar-refractivity contribution is 6.26. The Morgan fingerprint density at radius 2 is 1.83 bits per heavy atom. The van der Waals surface area contributed by atoms with Gasteiger partial charge in [0, 0.05) is 23.1 Å². The summed E-state index contributed by atoms with van der Waals surface area (Å²) in [5, 5.41) is 2.26. The maximum Gasteiger partial charge on any atom is 0.234 e. The first-order chi connectivity index (χ1) is 13.9. The van der Waals surface area contributed by atoms with Crippen molar-refractivity contribution in [3.8, 4) is 0 Å². The van der Waals surface area contributed by atoms with Gasteiger partial charge in [0.1, 0.15) is 0 Å². The van der Waals surface area contributed by atoms with Crippen LogP contribution in [0.3, 0.4) is 0 Å². The van der Waals surface area contributed by atoms with Crippen LogP contribution in [0.25, 0.3) is 0 Å². The largest absolute Gasteiger partial charge is 0.296 e. The van der Waals surface area contributed by atoms with Crippen LogP contribution >= 0.6 is 0 Å². The zero-order valence-corrected chi connectivity index (χ0v) is 16.6. The summed E-state index contributed by atoms with van der Waals surface area (Å²) in [6, 6.07) is 5.44. The van der Waals surface area contributed by atoms with Crippen LogP contribution in [0.15, 0.2) is 41.5 Å². The first-order valence-electron chi connectivity index (χ1n) is 10.4. The monoisotopic (exact) mass is 391 g/mol. The predicted octanol–water partition coefficient (Wildman–Crippen LogP) is 3.72. The number of carbonyl (C=O) groups is 4. The van der Waals surface area contributed by atoms with Crippen LogP contribution in [0, 0.1) is 11.8 Å². The molecule has 5 nitrogen and oxygen atoms in total. The molecule has 0 bridgehead atoms. The summed E-state index contributed by atoms with van der Waals surface area (Å²) in [5.74, 6) is -1.37. The van der Waals surface area contributed by atoms with Crippen molar-refractivity contribution in [2.75, 3.05) is 0 Å². The highest BCUT2D eigenvalue weighted by Crippen LogP contribution is 2.31. The van der Waals surface area contributed by atoms with Gasteiger partial charge in [-0.1, -0.05) is 30.7 Å². The second-order valence-corrected chi connectivity index (χ2v) is 8.44. The Labute approximate surface area is 170 Å². The summed E-state index contributed by atoms with van der Waals surface area (Å²) in [4.78, 5) is 49.3. The van der Waals surface area contributed by atoms with Gasteiger partial charge in [-0.25, -0.2) is 0 Å². The van der Waals surface area contributed by atoms with Gasteiger partial charge in [-0.2, -0.15) is 0 Å². The zero-order chi connectivity index (χ0) is 20.5. The summed E-state index contributed by atoms with van der Waals surface area (Å²) in [5.41, 5.74) is 3.38. The Balaban J connectivity index is 1.56. The molecule has 0 radical (unpaired) electrons. The third kappa shape index (κ3) is 4.00. The number of piperidine rings is 1. The Morgan fingerprint density at radius 1 is 1.00 bits per heavy atom. The first-order valence-corrected chi connectivity index (χ1v) is 10.4. The Kier molecular flexibility index (Phi) is 5.31. The lowest BCUT2D eigenvalue weighted by Crippen LogP contribution is -2.43. The molecule has 4 rings (SSSR count). The third-order valence-electron chi connectivity index (χ3n) is 6.24. The highest BCUT2D eigenvalue weighted by atomic mass is 16.2. The van der Waals surface area contributed by atoms with E-state index < -0.39 is 11.8 Å². The maximum absolute atomic E-state index is 13.0.